The maximum Gasteiger partial charge on any atom is 0.199 e. The monoisotopic (exact) mass is 399 g/mol. The molecule has 0 N–H and O–H groups in total. The first kappa shape index (κ1) is 19.7. The van der Waals surface area contributed by atoms with E-state index in [-0.39, 0.29) is 22.5 Å². The Morgan fingerprint density at radius 2 is 1.24 bits per heavy atom. The highest BCUT2D eigenvalue weighted by atomic mass is 19.1. The van der Waals surface area contributed by atoms with Crippen molar-refractivity contribution in [1.82, 2.24) is 0 Å². The zero-order valence-electron chi connectivity index (χ0n) is 16.0. The SMILES string of the molecule is O=C1c2cccc(F)c2C(=O)c2c1cccc2N1CCOCCOCCOCC1. The van der Waals surface area contributed by atoms with Gasteiger partial charge in [-0.15, -0.1) is 0 Å². The number of halogens is 1. The third-order valence-electron chi connectivity index (χ3n) is 5.10. The number of hydrogen-bond acceptors (Lipinski definition) is 6. The summed E-state index contributed by atoms with van der Waals surface area (Å²) in [6.45, 7) is 3.80. The van der Waals surface area contributed by atoms with Gasteiger partial charge in [-0.1, -0.05) is 24.3 Å². The van der Waals surface area contributed by atoms with E-state index in [1.807, 2.05) is 4.90 Å². The van der Waals surface area contributed by atoms with Crippen LogP contribution in [0.2, 0.25) is 0 Å². The molecular weight excluding hydrogens is 377 g/mol. The van der Waals surface area contributed by atoms with E-state index in [1.165, 1.54) is 18.2 Å². The van der Waals surface area contributed by atoms with Gasteiger partial charge >= 0.3 is 0 Å². The summed E-state index contributed by atoms with van der Waals surface area (Å²) in [5, 5.41) is 0. The van der Waals surface area contributed by atoms with Crippen molar-refractivity contribution in [3.63, 3.8) is 0 Å². The van der Waals surface area contributed by atoms with Crippen LogP contribution in [0, 0.1) is 5.82 Å². The number of hydrogen-bond donors (Lipinski definition) is 0. The molecule has 0 saturated carbocycles. The van der Waals surface area contributed by atoms with E-state index in [1.54, 1.807) is 18.2 Å². The average Bonchev–Trinajstić information content (AvgIpc) is 2.72. The molecule has 2 aromatic carbocycles. The molecule has 0 amide bonds. The molecule has 1 aliphatic heterocycles. The molecule has 0 bridgehead atoms. The number of ether oxygens (including phenoxy) is 3. The maximum atomic E-state index is 14.4. The van der Waals surface area contributed by atoms with E-state index in [2.05, 4.69) is 0 Å². The van der Waals surface area contributed by atoms with Gasteiger partial charge < -0.3 is 19.1 Å². The van der Waals surface area contributed by atoms with E-state index in [0.717, 1.165) is 0 Å². The van der Waals surface area contributed by atoms with Gasteiger partial charge in [-0.3, -0.25) is 9.59 Å². The number of carbonyl (C=O) groups excluding carboxylic acids is 2. The number of carbonyl (C=O) groups is 2. The molecule has 0 unspecified atom stereocenters. The van der Waals surface area contributed by atoms with E-state index in [9.17, 15) is 14.0 Å². The highest BCUT2D eigenvalue weighted by Gasteiger charge is 2.34. The highest BCUT2D eigenvalue weighted by Crippen LogP contribution is 2.34. The first-order valence-electron chi connectivity index (χ1n) is 9.67. The van der Waals surface area contributed by atoms with E-state index in [4.69, 9.17) is 14.2 Å². The Morgan fingerprint density at radius 3 is 1.90 bits per heavy atom. The second-order valence-electron chi connectivity index (χ2n) is 6.84. The lowest BCUT2D eigenvalue weighted by molar-refractivity contribution is 0.0126. The predicted octanol–water partition coefficient (Wildman–Crippen LogP) is 2.47. The standard InChI is InChI=1S/C22H22FNO5/c23-17-5-1-3-15-19(17)22(26)20-16(21(15)25)4-2-6-18(20)24-7-9-27-11-13-29-14-12-28-10-8-24/h1-6H,7-14H2. The molecule has 0 radical (unpaired) electrons. The minimum Gasteiger partial charge on any atom is -0.377 e. The average molecular weight is 399 g/mol. The Labute approximate surface area is 168 Å². The Bertz CT molecular complexity index is 917. The van der Waals surface area contributed by atoms with Crippen LogP contribution in [0.25, 0.3) is 0 Å². The molecule has 1 saturated heterocycles. The molecule has 6 nitrogen and oxygen atoms in total. The van der Waals surface area contributed by atoms with Gasteiger partial charge in [0.25, 0.3) is 0 Å². The quantitative estimate of drug-likeness (QED) is 0.626. The van der Waals surface area contributed by atoms with Crippen LogP contribution in [0.1, 0.15) is 31.8 Å². The van der Waals surface area contributed by atoms with Crippen molar-refractivity contribution >= 4 is 17.3 Å². The minimum atomic E-state index is -0.679. The van der Waals surface area contributed by atoms with E-state index < -0.39 is 11.6 Å². The molecule has 1 fully saturated rings. The van der Waals surface area contributed by atoms with Crippen LogP contribution in [-0.4, -0.2) is 64.3 Å². The van der Waals surface area contributed by atoms with Gasteiger partial charge in [-0.2, -0.15) is 0 Å². The summed E-state index contributed by atoms with van der Waals surface area (Å²) < 4.78 is 31.0. The number of ketones is 2. The Kier molecular flexibility index (Phi) is 5.99. The normalized spacial score (nSPS) is 18.4. The van der Waals surface area contributed by atoms with Crippen LogP contribution in [0.15, 0.2) is 36.4 Å². The van der Waals surface area contributed by atoms with Gasteiger partial charge in [-0.05, 0) is 12.1 Å². The van der Waals surface area contributed by atoms with Crippen LogP contribution in [0.4, 0.5) is 10.1 Å². The van der Waals surface area contributed by atoms with Crippen LogP contribution in [0.5, 0.6) is 0 Å². The largest absolute Gasteiger partial charge is 0.377 e. The van der Waals surface area contributed by atoms with Crippen molar-refractivity contribution in [3.05, 3.63) is 64.5 Å². The molecule has 1 heterocycles. The van der Waals surface area contributed by atoms with Gasteiger partial charge in [0.05, 0.1) is 50.8 Å². The fourth-order valence-corrected chi connectivity index (χ4v) is 3.69. The number of nitrogens with zero attached hydrogens (tertiary/aromatic N) is 1. The molecule has 0 atom stereocenters. The van der Waals surface area contributed by atoms with Crippen molar-refractivity contribution < 1.29 is 28.2 Å². The summed E-state index contributed by atoms with van der Waals surface area (Å²) in [5.41, 5.74) is 1.09. The summed E-state index contributed by atoms with van der Waals surface area (Å²) in [5.74, 6) is -1.48. The summed E-state index contributed by atoms with van der Waals surface area (Å²) in [4.78, 5) is 28.1. The van der Waals surface area contributed by atoms with Crippen LogP contribution in [0.3, 0.4) is 0 Å². The van der Waals surface area contributed by atoms with Crippen molar-refractivity contribution in [2.24, 2.45) is 0 Å². The van der Waals surface area contributed by atoms with Gasteiger partial charge in [0.1, 0.15) is 5.82 Å². The number of rotatable bonds is 1. The van der Waals surface area contributed by atoms with E-state index in [0.29, 0.717) is 64.0 Å². The third kappa shape index (κ3) is 3.94. The second kappa shape index (κ2) is 8.82. The Morgan fingerprint density at radius 1 is 0.690 bits per heavy atom. The summed E-state index contributed by atoms with van der Waals surface area (Å²) in [6.07, 6.45) is 0. The molecule has 2 aromatic rings. The molecule has 29 heavy (non-hydrogen) atoms. The number of benzene rings is 2. The molecule has 0 aromatic heterocycles. The number of fused-ring (bicyclic) bond motifs is 2. The lowest BCUT2D eigenvalue weighted by Gasteiger charge is -2.29. The topological polar surface area (TPSA) is 65.1 Å². The zero-order chi connectivity index (χ0) is 20.2. The van der Waals surface area contributed by atoms with Crippen molar-refractivity contribution in [2.75, 3.05) is 57.6 Å². The van der Waals surface area contributed by atoms with Gasteiger partial charge in [0, 0.05) is 29.9 Å². The molecular formula is C22H22FNO5. The second-order valence-corrected chi connectivity index (χ2v) is 6.84. The van der Waals surface area contributed by atoms with Crippen molar-refractivity contribution in [1.29, 1.82) is 0 Å². The first-order chi connectivity index (χ1) is 14.2. The number of anilines is 1. The first-order valence-corrected chi connectivity index (χ1v) is 9.67. The fourth-order valence-electron chi connectivity index (χ4n) is 3.69. The smallest absolute Gasteiger partial charge is 0.199 e. The zero-order valence-corrected chi connectivity index (χ0v) is 16.0. The summed E-state index contributed by atoms with van der Waals surface area (Å²) in [7, 11) is 0. The molecule has 152 valence electrons. The molecule has 7 heteroatoms. The fraction of sp³-hybridized carbons (Fsp3) is 0.364. The van der Waals surface area contributed by atoms with Crippen molar-refractivity contribution in [3.8, 4) is 0 Å². The predicted molar refractivity (Wildman–Crippen MR) is 104 cm³/mol. The van der Waals surface area contributed by atoms with Gasteiger partial charge in [0.15, 0.2) is 11.6 Å². The third-order valence-corrected chi connectivity index (χ3v) is 5.10. The Balaban J connectivity index is 1.70. The molecule has 0 spiro atoms. The minimum absolute atomic E-state index is 0.111. The lowest BCUT2D eigenvalue weighted by atomic mass is 9.82. The maximum absolute atomic E-state index is 14.4. The molecule has 2 aliphatic rings. The van der Waals surface area contributed by atoms with Gasteiger partial charge in [0.2, 0.25) is 0 Å². The van der Waals surface area contributed by atoms with Crippen LogP contribution in [-0.2, 0) is 14.2 Å². The highest BCUT2D eigenvalue weighted by molar-refractivity contribution is 6.30. The van der Waals surface area contributed by atoms with Crippen LogP contribution < -0.4 is 4.90 Å². The van der Waals surface area contributed by atoms with E-state index >= 15 is 0 Å². The Hall–Kier alpha value is -2.61. The van der Waals surface area contributed by atoms with Crippen molar-refractivity contribution in [2.45, 2.75) is 0 Å². The lowest BCUT2D eigenvalue weighted by Crippen LogP contribution is -2.35. The summed E-state index contributed by atoms with van der Waals surface area (Å²) in [6, 6.07) is 9.29. The summed E-state index contributed by atoms with van der Waals surface area (Å²) >= 11 is 0. The molecule has 4 rings (SSSR count). The molecule has 1 aliphatic carbocycles. The van der Waals surface area contributed by atoms with Crippen LogP contribution >= 0.6 is 0 Å². The van der Waals surface area contributed by atoms with Gasteiger partial charge in [-0.25, -0.2) is 4.39 Å².